The number of nitrogens with zero attached hydrogens (tertiary/aromatic N) is 2. The van der Waals surface area contributed by atoms with E-state index in [4.69, 9.17) is 10.5 Å². The Kier molecular flexibility index (Phi) is 3.58. The molecule has 88 valence electrons. The van der Waals surface area contributed by atoms with Gasteiger partial charge in [0.1, 0.15) is 16.2 Å². The van der Waals surface area contributed by atoms with E-state index in [2.05, 4.69) is 25.9 Å². The fourth-order valence-electron chi connectivity index (χ4n) is 1.57. The Balaban J connectivity index is 2.34. The van der Waals surface area contributed by atoms with Crippen molar-refractivity contribution in [2.45, 2.75) is 6.42 Å². The Morgan fingerprint density at radius 3 is 2.88 bits per heavy atom. The summed E-state index contributed by atoms with van der Waals surface area (Å²) in [5, 5.41) is 0. The summed E-state index contributed by atoms with van der Waals surface area (Å²) >= 11 is 3.28. The summed E-state index contributed by atoms with van der Waals surface area (Å²) in [4.78, 5) is 8.37. The van der Waals surface area contributed by atoms with Gasteiger partial charge >= 0.3 is 0 Å². The number of aromatic nitrogens is 2. The molecule has 0 amide bonds. The number of methoxy groups -OCH3 is 1. The van der Waals surface area contributed by atoms with Gasteiger partial charge in [-0.25, -0.2) is 9.97 Å². The van der Waals surface area contributed by atoms with Gasteiger partial charge in [-0.05, 0) is 22.0 Å². The summed E-state index contributed by atoms with van der Waals surface area (Å²) in [5.41, 5.74) is 7.57. The molecule has 0 radical (unpaired) electrons. The van der Waals surface area contributed by atoms with Gasteiger partial charge in [0.15, 0.2) is 0 Å². The van der Waals surface area contributed by atoms with Crippen LogP contribution in [0.15, 0.2) is 35.1 Å². The maximum atomic E-state index is 5.79. The van der Waals surface area contributed by atoms with Gasteiger partial charge < -0.3 is 10.5 Å². The maximum Gasteiger partial charge on any atom is 0.145 e. The second-order valence-corrected chi connectivity index (χ2v) is 4.33. The topological polar surface area (TPSA) is 61.0 Å². The average Bonchev–Trinajstić information content (AvgIpc) is 2.34. The van der Waals surface area contributed by atoms with Crippen LogP contribution in [0.5, 0.6) is 5.75 Å². The molecule has 17 heavy (non-hydrogen) atoms. The zero-order valence-corrected chi connectivity index (χ0v) is 10.9. The lowest BCUT2D eigenvalue weighted by atomic mass is 10.1. The number of benzene rings is 1. The third-order valence-corrected chi connectivity index (χ3v) is 2.78. The van der Waals surface area contributed by atoms with E-state index >= 15 is 0 Å². The molecule has 5 heteroatoms. The van der Waals surface area contributed by atoms with Crippen LogP contribution in [0.4, 0.5) is 5.82 Å². The Hall–Kier alpha value is -1.62. The predicted molar refractivity (Wildman–Crippen MR) is 69.9 cm³/mol. The summed E-state index contributed by atoms with van der Waals surface area (Å²) in [6.07, 6.45) is 2.18. The largest absolute Gasteiger partial charge is 0.496 e. The first-order valence-corrected chi connectivity index (χ1v) is 5.89. The van der Waals surface area contributed by atoms with Gasteiger partial charge in [-0.2, -0.15) is 0 Å². The molecular formula is C12H12BrN3O. The van der Waals surface area contributed by atoms with E-state index in [1.165, 1.54) is 0 Å². The van der Waals surface area contributed by atoms with Crippen molar-refractivity contribution < 1.29 is 4.74 Å². The van der Waals surface area contributed by atoms with Gasteiger partial charge in [-0.1, -0.05) is 18.2 Å². The first-order valence-electron chi connectivity index (χ1n) is 5.09. The molecule has 0 spiro atoms. The summed E-state index contributed by atoms with van der Waals surface area (Å²) < 4.78 is 5.96. The number of hydrogen-bond acceptors (Lipinski definition) is 4. The fraction of sp³-hybridized carbons (Fsp3) is 0.167. The highest BCUT2D eigenvalue weighted by Gasteiger charge is 2.08. The molecular weight excluding hydrogens is 282 g/mol. The van der Waals surface area contributed by atoms with Gasteiger partial charge in [-0.3, -0.25) is 0 Å². The molecule has 0 aliphatic carbocycles. The highest BCUT2D eigenvalue weighted by molar-refractivity contribution is 9.10. The Bertz CT molecular complexity index is 531. The number of rotatable bonds is 3. The quantitative estimate of drug-likeness (QED) is 0.944. The molecule has 0 aliphatic heterocycles. The molecule has 2 aromatic rings. The van der Waals surface area contributed by atoms with Crippen LogP contribution in [0.1, 0.15) is 11.3 Å². The smallest absolute Gasteiger partial charge is 0.145 e. The molecule has 0 unspecified atom stereocenters. The molecule has 0 bridgehead atoms. The SMILES string of the molecule is COc1ccccc1Cc1nc(Br)cnc1N. The average molecular weight is 294 g/mol. The molecule has 0 atom stereocenters. The minimum Gasteiger partial charge on any atom is -0.496 e. The Labute approximate surface area is 108 Å². The second-order valence-electron chi connectivity index (χ2n) is 3.51. The van der Waals surface area contributed by atoms with E-state index in [0.717, 1.165) is 17.0 Å². The number of ether oxygens (including phenoxy) is 1. The van der Waals surface area contributed by atoms with Crippen molar-refractivity contribution in [1.82, 2.24) is 9.97 Å². The number of halogens is 1. The molecule has 2 N–H and O–H groups in total. The third-order valence-electron chi connectivity index (χ3n) is 2.40. The van der Waals surface area contributed by atoms with Crippen LogP contribution in [-0.4, -0.2) is 17.1 Å². The van der Waals surface area contributed by atoms with Crippen molar-refractivity contribution >= 4 is 21.7 Å². The number of para-hydroxylation sites is 1. The highest BCUT2D eigenvalue weighted by Crippen LogP contribution is 2.22. The molecule has 4 nitrogen and oxygen atoms in total. The number of nitrogens with two attached hydrogens (primary N) is 1. The number of anilines is 1. The normalized spacial score (nSPS) is 10.2. The molecule has 1 aromatic heterocycles. The molecule has 2 rings (SSSR count). The van der Waals surface area contributed by atoms with Crippen LogP contribution in [0, 0.1) is 0 Å². The van der Waals surface area contributed by atoms with Gasteiger partial charge in [0.05, 0.1) is 19.0 Å². The van der Waals surface area contributed by atoms with Crippen molar-refractivity contribution in [2.75, 3.05) is 12.8 Å². The summed E-state index contributed by atoms with van der Waals surface area (Å²) in [6, 6.07) is 7.79. The van der Waals surface area contributed by atoms with E-state index < -0.39 is 0 Å². The number of hydrogen-bond donors (Lipinski definition) is 1. The Morgan fingerprint density at radius 1 is 1.35 bits per heavy atom. The first kappa shape index (κ1) is 11.9. The van der Waals surface area contributed by atoms with Gasteiger partial charge in [0.2, 0.25) is 0 Å². The van der Waals surface area contributed by atoms with Crippen LogP contribution in [0.3, 0.4) is 0 Å². The minimum absolute atomic E-state index is 0.444. The number of nitrogen functional groups attached to an aromatic ring is 1. The van der Waals surface area contributed by atoms with E-state index in [9.17, 15) is 0 Å². The van der Waals surface area contributed by atoms with Gasteiger partial charge in [-0.15, -0.1) is 0 Å². The maximum absolute atomic E-state index is 5.79. The lowest BCUT2D eigenvalue weighted by molar-refractivity contribution is 0.410. The van der Waals surface area contributed by atoms with Crippen LogP contribution in [0.25, 0.3) is 0 Å². The summed E-state index contributed by atoms with van der Waals surface area (Å²) in [5.74, 6) is 1.27. The van der Waals surface area contributed by atoms with E-state index in [-0.39, 0.29) is 0 Å². The monoisotopic (exact) mass is 293 g/mol. The predicted octanol–water partition coefficient (Wildman–Crippen LogP) is 2.42. The summed E-state index contributed by atoms with van der Waals surface area (Å²) in [6.45, 7) is 0. The highest BCUT2D eigenvalue weighted by atomic mass is 79.9. The van der Waals surface area contributed by atoms with Crippen molar-refractivity contribution in [3.63, 3.8) is 0 Å². The van der Waals surface area contributed by atoms with Crippen molar-refractivity contribution in [2.24, 2.45) is 0 Å². The van der Waals surface area contributed by atoms with E-state index in [1.54, 1.807) is 13.3 Å². The zero-order valence-electron chi connectivity index (χ0n) is 9.35. The van der Waals surface area contributed by atoms with Crippen LogP contribution in [0.2, 0.25) is 0 Å². The van der Waals surface area contributed by atoms with Crippen molar-refractivity contribution in [1.29, 1.82) is 0 Å². The first-order chi connectivity index (χ1) is 8.20. The van der Waals surface area contributed by atoms with Gasteiger partial charge in [0, 0.05) is 12.0 Å². The third kappa shape index (κ3) is 2.74. The lowest BCUT2D eigenvalue weighted by Gasteiger charge is -2.08. The standard InChI is InChI=1S/C12H12BrN3O/c1-17-10-5-3-2-4-8(10)6-9-12(14)15-7-11(13)16-9/h2-5,7H,6H2,1H3,(H2,14,15). The van der Waals surface area contributed by atoms with E-state index in [0.29, 0.717) is 16.8 Å². The molecule has 0 saturated heterocycles. The minimum atomic E-state index is 0.444. The molecule has 0 saturated carbocycles. The van der Waals surface area contributed by atoms with Crippen LogP contribution >= 0.6 is 15.9 Å². The Morgan fingerprint density at radius 2 is 2.12 bits per heavy atom. The van der Waals surface area contributed by atoms with E-state index in [1.807, 2.05) is 24.3 Å². The van der Waals surface area contributed by atoms with Gasteiger partial charge in [0.25, 0.3) is 0 Å². The van der Waals surface area contributed by atoms with Crippen molar-refractivity contribution in [3.05, 3.63) is 46.3 Å². The lowest BCUT2D eigenvalue weighted by Crippen LogP contribution is -2.03. The van der Waals surface area contributed by atoms with Crippen molar-refractivity contribution in [3.8, 4) is 5.75 Å². The summed E-state index contributed by atoms with van der Waals surface area (Å²) in [7, 11) is 1.65. The molecule has 0 aliphatic rings. The zero-order chi connectivity index (χ0) is 12.3. The second kappa shape index (κ2) is 5.14. The molecule has 0 fully saturated rings. The van der Waals surface area contributed by atoms with Crippen LogP contribution in [-0.2, 0) is 6.42 Å². The fourth-order valence-corrected chi connectivity index (χ4v) is 1.89. The molecule has 1 heterocycles. The molecule has 1 aromatic carbocycles. The van der Waals surface area contributed by atoms with Crippen LogP contribution < -0.4 is 10.5 Å².